The van der Waals surface area contributed by atoms with Crippen molar-refractivity contribution < 1.29 is 0 Å². The molecule has 6 nitrogen and oxygen atoms in total. The number of anilines is 2. The number of nitrogens with zero attached hydrogens (tertiary/aromatic N) is 3. The van der Waals surface area contributed by atoms with Crippen LogP contribution in [0.25, 0.3) is 22.8 Å². The molecule has 0 aliphatic heterocycles. The topological polar surface area (TPSA) is 106 Å². The Labute approximate surface area is 109 Å². The fourth-order valence-corrected chi connectivity index (χ4v) is 1.84. The van der Waals surface area contributed by atoms with Crippen LogP contribution < -0.4 is 11.5 Å². The Bertz CT molecular complexity index is 684. The van der Waals surface area contributed by atoms with Gasteiger partial charge in [0.2, 0.25) is 0 Å². The summed E-state index contributed by atoms with van der Waals surface area (Å²) in [6.45, 7) is 0. The summed E-state index contributed by atoms with van der Waals surface area (Å²) in [5.74, 6) is 1.24. The van der Waals surface area contributed by atoms with Crippen LogP contribution in [0.4, 0.5) is 11.4 Å². The Morgan fingerprint density at radius 2 is 1.58 bits per heavy atom. The lowest BCUT2D eigenvalue weighted by molar-refractivity contribution is 1.10. The Balaban J connectivity index is 2.02. The summed E-state index contributed by atoms with van der Waals surface area (Å²) in [5.41, 5.74) is 14.4. The summed E-state index contributed by atoms with van der Waals surface area (Å²) in [4.78, 5) is 8.39. The second-order valence-electron chi connectivity index (χ2n) is 4.13. The molecule has 0 radical (unpaired) electrons. The van der Waals surface area contributed by atoms with Gasteiger partial charge in [-0.05, 0) is 30.3 Å². The minimum atomic E-state index is 0.561. The van der Waals surface area contributed by atoms with Gasteiger partial charge in [0.1, 0.15) is 0 Å². The van der Waals surface area contributed by atoms with E-state index in [4.69, 9.17) is 11.5 Å². The normalized spacial score (nSPS) is 10.5. The molecule has 0 fully saturated rings. The molecule has 0 aliphatic carbocycles. The Morgan fingerprint density at radius 1 is 0.895 bits per heavy atom. The molecule has 3 rings (SSSR count). The first-order valence-electron chi connectivity index (χ1n) is 5.71. The molecule has 0 unspecified atom stereocenters. The number of nitrogens with one attached hydrogen (secondary N) is 1. The van der Waals surface area contributed by atoms with Crippen LogP contribution in [0.15, 0.2) is 42.7 Å². The molecule has 0 bridgehead atoms. The van der Waals surface area contributed by atoms with Crippen molar-refractivity contribution >= 4 is 11.4 Å². The number of hydrogen-bond acceptors (Lipinski definition) is 5. The summed E-state index contributed by atoms with van der Waals surface area (Å²) in [5, 5.41) is 7.07. The van der Waals surface area contributed by atoms with E-state index in [2.05, 4.69) is 20.2 Å². The standard InChI is InChI=1S/C13H12N6/c14-10-5-9(6-11(15)7-10)13-17-12(18-19-13)8-1-3-16-4-2-8/h1-7H,14-15H2,(H,17,18,19). The summed E-state index contributed by atoms with van der Waals surface area (Å²) in [6, 6.07) is 8.99. The van der Waals surface area contributed by atoms with Gasteiger partial charge in [0, 0.05) is 34.9 Å². The number of aromatic nitrogens is 4. The smallest absolute Gasteiger partial charge is 0.181 e. The zero-order chi connectivity index (χ0) is 13.2. The molecule has 0 atom stereocenters. The van der Waals surface area contributed by atoms with E-state index < -0.39 is 0 Å². The maximum atomic E-state index is 5.76. The van der Waals surface area contributed by atoms with Crippen LogP contribution in [0.1, 0.15) is 0 Å². The van der Waals surface area contributed by atoms with Gasteiger partial charge in [-0.2, -0.15) is 5.10 Å². The van der Waals surface area contributed by atoms with Crippen LogP contribution >= 0.6 is 0 Å². The highest BCUT2D eigenvalue weighted by Gasteiger charge is 2.08. The number of rotatable bonds is 2. The van der Waals surface area contributed by atoms with E-state index in [9.17, 15) is 0 Å². The minimum absolute atomic E-state index is 0.561. The van der Waals surface area contributed by atoms with Crippen LogP contribution in [-0.2, 0) is 0 Å². The second-order valence-corrected chi connectivity index (χ2v) is 4.13. The van der Waals surface area contributed by atoms with Crippen LogP contribution in [0.5, 0.6) is 0 Å². The van der Waals surface area contributed by atoms with E-state index in [-0.39, 0.29) is 0 Å². The third-order valence-corrected chi connectivity index (χ3v) is 2.68. The molecule has 0 saturated carbocycles. The zero-order valence-electron chi connectivity index (χ0n) is 10.0. The van der Waals surface area contributed by atoms with Crippen molar-refractivity contribution in [2.24, 2.45) is 0 Å². The number of benzene rings is 1. The zero-order valence-corrected chi connectivity index (χ0v) is 10.0. The molecule has 0 amide bonds. The molecule has 6 heteroatoms. The predicted molar refractivity (Wildman–Crippen MR) is 73.9 cm³/mol. The van der Waals surface area contributed by atoms with Gasteiger partial charge < -0.3 is 11.5 Å². The van der Waals surface area contributed by atoms with Crippen LogP contribution in [0.3, 0.4) is 0 Å². The predicted octanol–water partition coefficient (Wildman–Crippen LogP) is 1.70. The van der Waals surface area contributed by atoms with E-state index >= 15 is 0 Å². The summed E-state index contributed by atoms with van der Waals surface area (Å²) in [7, 11) is 0. The molecule has 0 spiro atoms. The largest absolute Gasteiger partial charge is 0.399 e. The van der Waals surface area contributed by atoms with Crippen LogP contribution in [0, 0.1) is 0 Å². The van der Waals surface area contributed by atoms with Gasteiger partial charge in [-0.25, -0.2) is 4.98 Å². The maximum Gasteiger partial charge on any atom is 0.181 e. The number of nitrogen functional groups attached to an aromatic ring is 2. The van der Waals surface area contributed by atoms with Gasteiger partial charge in [-0.15, -0.1) is 0 Å². The highest BCUT2D eigenvalue weighted by molar-refractivity contribution is 5.69. The number of pyridine rings is 1. The number of H-pyrrole nitrogens is 1. The lowest BCUT2D eigenvalue weighted by Crippen LogP contribution is -1.92. The first-order chi connectivity index (χ1) is 9.22. The molecule has 2 heterocycles. The maximum absolute atomic E-state index is 5.76. The van der Waals surface area contributed by atoms with E-state index in [0.29, 0.717) is 23.0 Å². The average molecular weight is 252 g/mol. The molecule has 0 saturated heterocycles. The van der Waals surface area contributed by atoms with Crippen LogP contribution in [0.2, 0.25) is 0 Å². The molecule has 19 heavy (non-hydrogen) atoms. The van der Waals surface area contributed by atoms with E-state index in [1.54, 1.807) is 30.6 Å². The van der Waals surface area contributed by atoms with Gasteiger partial charge in [-0.1, -0.05) is 0 Å². The van der Waals surface area contributed by atoms with Gasteiger partial charge in [0.05, 0.1) is 0 Å². The summed E-state index contributed by atoms with van der Waals surface area (Å²) < 4.78 is 0. The molecular weight excluding hydrogens is 240 g/mol. The molecule has 0 aliphatic rings. The van der Waals surface area contributed by atoms with Crippen LogP contribution in [-0.4, -0.2) is 20.2 Å². The van der Waals surface area contributed by atoms with Gasteiger partial charge >= 0.3 is 0 Å². The van der Waals surface area contributed by atoms with Gasteiger partial charge in [0.15, 0.2) is 11.6 Å². The fraction of sp³-hybridized carbons (Fsp3) is 0. The fourth-order valence-electron chi connectivity index (χ4n) is 1.84. The molecule has 1 aromatic carbocycles. The van der Waals surface area contributed by atoms with E-state index in [0.717, 1.165) is 11.1 Å². The van der Waals surface area contributed by atoms with Crippen molar-refractivity contribution in [3.63, 3.8) is 0 Å². The van der Waals surface area contributed by atoms with Gasteiger partial charge in [0.25, 0.3) is 0 Å². The Morgan fingerprint density at radius 3 is 2.26 bits per heavy atom. The summed E-state index contributed by atoms with van der Waals surface area (Å²) >= 11 is 0. The second kappa shape index (κ2) is 4.41. The molecule has 5 N–H and O–H groups in total. The highest BCUT2D eigenvalue weighted by Crippen LogP contribution is 2.23. The molecular formula is C13H12N6. The van der Waals surface area contributed by atoms with Crippen molar-refractivity contribution in [1.29, 1.82) is 0 Å². The monoisotopic (exact) mass is 252 g/mol. The first kappa shape index (κ1) is 11.2. The Hall–Kier alpha value is -2.89. The third-order valence-electron chi connectivity index (χ3n) is 2.68. The summed E-state index contributed by atoms with van der Waals surface area (Å²) in [6.07, 6.45) is 3.41. The van der Waals surface area contributed by atoms with E-state index in [1.165, 1.54) is 0 Å². The number of aromatic amines is 1. The van der Waals surface area contributed by atoms with Crippen molar-refractivity contribution in [2.75, 3.05) is 11.5 Å². The SMILES string of the molecule is Nc1cc(N)cc(-c2n[nH]c(-c3ccncc3)n2)c1. The van der Waals surface area contributed by atoms with Crippen molar-refractivity contribution in [2.45, 2.75) is 0 Å². The van der Waals surface area contributed by atoms with Crippen molar-refractivity contribution in [3.8, 4) is 22.8 Å². The molecule has 3 aromatic rings. The average Bonchev–Trinajstić information content (AvgIpc) is 2.88. The lowest BCUT2D eigenvalue weighted by Gasteiger charge is -2.00. The number of hydrogen-bond donors (Lipinski definition) is 3. The quantitative estimate of drug-likeness (QED) is 0.602. The van der Waals surface area contributed by atoms with Crippen molar-refractivity contribution in [1.82, 2.24) is 20.2 Å². The van der Waals surface area contributed by atoms with Crippen molar-refractivity contribution in [3.05, 3.63) is 42.7 Å². The third kappa shape index (κ3) is 2.23. The first-order valence-corrected chi connectivity index (χ1v) is 5.71. The lowest BCUT2D eigenvalue weighted by atomic mass is 10.1. The molecule has 94 valence electrons. The number of nitrogens with two attached hydrogens (primary N) is 2. The molecule has 2 aromatic heterocycles. The van der Waals surface area contributed by atoms with Gasteiger partial charge in [-0.3, -0.25) is 10.1 Å². The Kier molecular flexibility index (Phi) is 2.60. The minimum Gasteiger partial charge on any atom is -0.399 e. The highest BCUT2D eigenvalue weighted by atomic mass is 15.2. The van der Waals surface area contributed by atoms with E-state index in [1.807, 2.05) is 12.1 Å².